The fourth-order valence-electron chi connectivity index (χ4n) is 3.64. The highest BCUT2D eigenvalue weighted by Crippen LogP contribution is 2.56. The van der Waals surface area contributed by atoms with Gasteiger partial charge in [-0.2, -0.15) is 0 Å². The Balaban J connectivity index is 1.67. The van der Waals surface area contributed by atoms with Gasteiger partial charge in [0.25, 0.3) is 0 Å². The third-order valence-corrected chi connectivity index (χ3v) is 5.46. The van der Waals surface area contributed by atoms with Crippen LogP contribution < -0.4 is 0 Å². The average molecular weight is 295 g/mol. The maximum absolute atomic E-state index is 12.1. The van der Waals surface area contributed by atoms with Crippen molar-refractivity contribution in [3.8, 4) is 0 Å². The van der Waals surface area contributed by atoms with Crippen LogP contribution in [0.25, 0.3) is 0 Å². The maximum atomic E-state index is 12.1. The first-order chi connectivity index (χ1) is 9.65. The van der Waals surface area contributed by atoms with Crippen LogP contribution in [0.3, 0.4) is 0 Å². The van der Waals surface area contributed by atoms with Crippen LogP contribution in [0.4, 0.5) is 0 Å². The predicted molar refractivity (Wildman–Crippen MR) is 77.0 cm³/mol. The molecule has 2 aliphatic carbocycles. The van der Waals surface area contributed by atoms with Gasteiger partial charge in [-0.15, -0.1) is 11.3 Å². The van der Waals surface area contributed by atoms with Gasteiger partial charge in [-0.05, 0) is 26.7 Å². The van der Waals surface area contributed by atoms with Crippen molar-refractivity contribution < 1.29 is 14.3 Å². The molecule has 0 radical (unpaired) electrons. The molecule has 2 atom stereocenters. The highest BCUT2D eigenvalue weighted by Gasteiger charge is 2.58. The van der Waals surface area contributed by atoms with Gasteiger partial charge in [-0.3, -0.25) is 0 Å². The minimum Gasteiger partial charge on any atom is -0.457 e. The molecule has 2 aliphatic rings. The lowest BCUT2D eigenvalue weighted by Gasteiger charge is -2.52. The normalized spacial score (nSPS) is 27.5. The van der Waals surface area contributed by atoms with Gasteiger partial charge in [0.2, 0.25) is 0 Å². The van der Waals surface area contributed by atoms with Crippen LogP contribution in [-0.2, 0) is 9.47 Å². The van der Waals surface area contributed by atoms with E-state index in [-0.39, 0.29) is 23.6 Å². The molecular formula is C15H21NO3S. The Labute approximate surface area is 123 Å². The number of ether oxygens (including phenoxy) is 2. The minimum absolute atomic E-state index is 0.0102. The molecule has 2 fully saturated rings. The molecule has 0 aliphatic heterocycles. The van der Waals surface area contributed by atoms with Gasteiger partial charge in [0.15, 0.2) is 5.69 Å². The SMILES string of the molecule is CCO[C@H]1C[C@@H](OC(=O)c2csc(C)n2)C12CCCC2. The number of hydrogen-bond acceptors (Lipinski definition) is 5. The van der Waals surface area contributed by atoms with Crippen molar-refractivity contribution >= 4 is 17.3 Å². The van der Waals surface area contributed by atoms with E-state index < -0.39 is 0 Å². The molecular weight excluding hydrogens is 274 g/mol. The third kappa shape index (κ3) is 2.27. The van der Waals surface area contributed by atoms with Gasteiger partial charge >= 0.3 is 5.97 Å². The Bertz CT molecular complexity index is 493. The molecule has 1 spiro atoms. The quantitative estimate of drug-likeness (QED) is 0.799. The van der Waals surface area contributed by atoms with Gasteiger partial charge in [-0.1, -0.05) is 12.8 Å². The second-order valence-electron chi connectivity index (χ2n) is 5.77. The summed E-state index contributed by atoms with van der Waals surface area (Å²) in [6.45, 7) is 4.66. The van der Waals surface area contributed by atoms with Crippen LogP contribution in [0.1, 0.15) is 54.5 Å². The number of rotatable bonds is 4. The monoisotopic (exact) mass is 295 g/mol. The van der Waals surface area contributed by atoms with E-state index in [9.17, 15) is 4.79 Å². The van der Waals surface area contributed by atoms with Crippen molar-refractivity contribution in [1.29, 1.82) is 0 Å². The van der Waals surface area contributed by atoms with Crippen LogP contribution in [0.5, 0.6) is 0 Å². The Hall–Kier alpha value is -0.940. The van der Waals surface area contributed by atoms with Gasteiger partial charge in [0.1, 0.15) is 6.10 Å². The zero-order valence-electron chi connectivity index (χ0n) is 12.1. The summed E-state index contributed by atoms with van der Waals surface area (Å²) in [7, 11) is 0. The van der Waals surface area contributed by atoms with Crippen molar-refractivity contribution in [2.75, 3.05) is 6.61 Å². The topological polar surface area (TPSA) is 48.4 Å². The number of esters is 1. The summed E-state index contributed by atoms with van der Waals surface area (Å²) < 4.78 is 11.6. The molecule has 0 bridgehead atoms. The van der Waals surface area contributed by atoms with Crippen molar-refractivity contribution in [1.82, 2.24) is 4.98 Å². The third-order valence-electron chi connectivity index (χ3n) is 4.69. The number of aryl methyl sites for hydroxylation is 1. The molecule has 0 unspecified atom stereocenters. The van der Waals surface area contributed by atoms with Crippen molar-refractivity contribution in [3.63, 3.8) is 0 Å². The largest absolute Gasteiger partial charge is 0.457 e. The van der Waals surface area contributed by atoms with Crippen LogP contribution in [0.15, 0.2) is 5.38 Å². The molecule has 1 aromatic rings. The van der Waals surface area contributed by atoms with Gasteiger partial charge in [0.05, 0.1) is 11.1 Å². The summed E-state index contributed by atoms with van der Waals surface area (Å²) >= 11 is 1.48. The van der Waals surface area contributed by atoms with E-state index in [1.165, 1.54) is 24.2 Å². The first-order valence-electron chi connectivity index (χ1n) is 7.40. The summed E-state index contributed by atoms with van der Waals surface area (Å²) in [5, 5.41) is 2.67. The van der Waals surface area contributed by atoms with E-state index in [0.29, 0.717) is 5.69 Å². The van der Waals surface area contributed by atoms with E-state index >= 15 is 0 Å². The molecule has 110 valence electrons. The zero-order chi connectivity index (χ0) is 14.2. The molecule has 20 heavy (non-hydrogen) atoms. The zero-order valence-corrected chi connectivity index (χ0v) is 12.9. The second-order valence-corrected chi connectivity index (χ2v) is 6.83. The number of nitrogens with zero attached hydrogens (tertiary/aromatic N) is 1. The Morgan fingerprint density at radius 2 is 2.20 bits per heavy atom. The van der Waals surface area contributed by atoms with Crippen LogP contribution >= 0.6 is 11.3 Å². The molecule has 5 heteroatoms. The van der Waals surface area contributed by atoms with E-state index in [1.54, 1.807) is 5.38 Å². The highest BCUT2D eigenvalue weighted by atomic mass is 32.1. The highest BCUT2D eigenvalue weighted by molar-refractivity contribution is 7.09. The van der Waals surface area contributed by atoms with E-state index in [0.717, 1.165) is 30.9 Å². The molecule has 0 amide bonds. The van der Waals surface area contributed by atoms with E-state index in [4.69, 9.17) is 9.47 Å². The molecule has 1 heterocycles. The lowest BCUT2D eigenvalue weighted by atomic mass is 9.62. The molecule has 0 saturated heterocycles. The van der Waals surface area contributed by atoms with E-state index in [1.807, 2.05) is 13.8 Å². The summed E-state index contributed by atoms with van der Waals surface area (Å²) in [6, 6.07) is 0. The lowest BCUT2D eigenvalue weighted by Crippen LogP contribution is -2.58. The molecule has 4 nitrogen and oxygen atoms in total. The number of hydrogen-bond donors (Lipinski definition) is 0. The fourth-order valence-corrected chi connectivity index (χ4v) is 4.22. The summed E-state index contributed by atoms with van der Waals surface area (Å²) in [6.07, 6.45) is 5.78. The molecule has 2 saturated carbocycles. The predicted octanol–water partition coefficient (Wildman–Crippen LogP) is 3.35. The standard InChI is InChI=1S/C15H21NO3S/c1-3-18-12-8-13(15(12)6-4-5-7-15)19-14(17)11-9-20-10(2)16-11/h9,12-13H,3-8H2,1-2H3/t12-,13+/m0/s1. The van der Waals surface area contributed by atoms with Crippen LogP contribution in [0.2, 0.25) is 0 Å². The molecule has 0 aromatic carbocycles. The summed E-state index contributed by atoms with van der Waals surface area (Å²) in [4.78, 5) is 16.4. The fraction of sp³-hybridized carbons (Fsp3) is 0.733. The smallest absolute Gasteiger partial charge is 0.358 e. The number of aromatic nitrogens is 1. The number of carbonyl (C=O) groups is 1. The van der Waals surface area contributed by atoms with Gasteiger partial charge in [0, 0.05) is 23.8 Å². The van der Waals surface area contributed by atoms with Crippen LogP contribution in [-0.4, -0.2) is 29.8 Å². The van der Waals surface area contributed by atoms with Crippen LogP contribution in [0, 0.1) is 12.3 Å². The number of thiazole rings is 1. The maximum Gasteiger partial charge on any atom is 0.358 e. The van der Waals surface area contributed by atoms with Crippen molar-refractivity contribution in [2.45, 2.75) is 58.2 Å². The number of carbonyl (C=O) groups excluding carboxylic acids is 1. The van der Waals surface area contributed by atoms with E-state index in [2.05, 4.69) is 4.98 Å². The van der Waals surface area contributed by atoms with Gasteiger partial charge in [-0.25, -0.2) is 9.78 Å². The summed E-state index contributed by atoms with van der Waals surface area (Å²) in [5.41, 5.74) is 0.525. The first-order valence-corrected chi connectivity index (χ1v) is 8.28. The van der Waals surface area contributed by atoms with Crippen molar-refractivity contribution in [2.24, 2.45) is 5.41 Å². The molecule has 3 rings (SSSR count). The Kier molecular flexibility index (Phi) is 3.82. The van der Waals surface area contributed by atoms with Crippen molar-refractivity contribution in [3.05, 3.63) is 16.1 Å². The minimum atomic E-state index is -0.277. The molecule has 1 aromatic heterocycles. The summed E-state index contributed by atoms with van der Waals surface area (Å²) in [5.74, 6) is -0.277. The van der Waals surface area contributed by atoms with Gasteiger partial charge < -0.3 is 9.47 Å². The lowest BCUT2D eigenvalue weighted by molar-refractivity contribution is -0.188. The first kappa shape index (κ1) is 14.0. The molecule has 0 N–H and O–H groups in total. The Morgan fingerprint density at radius 3 is 2.80 bits per heavy atom. The second kappa shape index (κ2) is 5.45. The average Bonchev–Trinajstić information content (AvgIpc) is 3.07. The Morgan fingerprint density at radius 1 is 1.45 bits per heavy atom.